The summed E-state index contributed by atoms with van der Waals surface area (Å²) in [5.74, 6) is 1.93. The highest BCUT2D eigenvalue weighted by Crippen LogP contribution is 2.58. The van der Waals surface area contributed by atoms with Crippen molar-refractivity contribution in [3.8, 4) is 0 Å². The Morgan fingerprint density at radius 1 is 1.16 bits per heavy atom. The van der Waals surface area contributed by atoms with E-state index in [1.54, 1.807) is 0 Å². The first-order valence-corrected chi connectivity index (χ1v) is 8.96. The van der Waals surface area contributed by atoms with E-state index in [0.29, 0.717) is 17.8 Å². The highest BCUT2D eigenvalue weighted by atomic mass is 79.9. The minimum Gasteiger partial charge on any atom is -0.166 e. The third kappa shape index (κ3) is 2.91. The third-order valence-corrected chi connectivity index (χ3v) is 7.54. The van der Waals surface area contributed by atoms with Crippen LogP contribution in [0.3, 0.4) is 0 Å². The summed E-state index contributed by atoms with van der Waals surface area (Å²) in [6.45, 7) is 0. The minimum absolute atomic E-state index is 0.0583. The topological polar surface area (TPSA) is 0 Å². The van der Waals surface area contributed by atoms with Crippen LogP contribution in [-0.2, 0) is 6.18 Å². The molecule has 6 heteroatoms. The Morgan fingerprint density at radius 2 is 1.68 bits per heavy atom. The summed E-state index contributed by atoms with van der Waals surface area (Å²) >= 11 is 8.05. The van der Waals surface area contributed by atoms with Crippen LogP contribution in [0.2, 0.25) is 0 Å². The zero-order chi connectivity index (χ0) is 13.8. The van der Waals surface area contributed by atoms with Crippen LogP contribution in [0.1, 0.15) is 41.0 Å². The summed E-state index contributed by atoms with van der Waals surface area (Å²) in [5.41, 5.74) is -0.540. The van der Waals surface area contributed by atoms with Crippen LogP contribution in [0, 0.1) is 17.8 Å². The largest absolute Gasteiger partial charge is 0.418 e. The van der Waals surface area contributed by atoms with Gasteiger partial charge >= 0.3 is 6.18 Å². The predicted octanol–water partition coefficient (Wildman–Crippen LogP) is 6.40. The Balaban J connectivity index is 1.86. The lowest BCUT2D eigenvalue weighted by atomic mass is 9.93. The summed E-state index contributed by atoms with van der Waals surface area (Å²) in [4.78, 5) is 0.860. The summed E-state index contributed by atoms with van der Waals surface area (Å²) in [7, 11) is 0. The maximum atomic E-state index is 12.8. The van der Waals surface area contributed by atoms with Gasteiger partial charge in [-0.1, -0.05) is 15.9 Å². The number of alkyl halides is 4. The Hall–Kier alpha value is 0.450. The number of hydrogen-bond donors (Lipinski definition) is 0. The first-order valence-electron chi connectivity index (χ1n) is 6.37. The molecule has 1 aromatic heterocycles. The molecule has 0 N–H and O–H groups in total. The zero-order valence-corrected chi connectivity index (χ0v) is 14.0. The van der Waals surface area contributed by atoms with E-state index < -0.39 is 11.7 Å². The van der Waals surface area contributed by atoms with E-state index in [2.05, 4.69) is 31.9 Å². The highest BCUT2D eigenvalue weighted by molar-refractivity contribution is 9.11. The molecule has 0 amide bonds. The maximum absolute atomic E-state index is 12.8. The molecule has 1 heterocycles. The molecule has 0 bridgehead atoms. The molecule has 1 aromatic rings. The lowest BCUT2D eigenvalue weighted by molar-refractivity contribution is -0.137. The fourth-order valence-electron chi connectivity index (χ4n) is 2.74. The molecular formula is C13H13Br2F3S. The third-order valence-electron chi connectivity index (χ3n) is 3.98. The van der Waals surface area contributed by atoms with Gasteiger partial charge in [0.2, 0.25) is 0 Å². The van der Waals surface area contributed by atoms with Gasteiger partial charge in [0.15, 0.2) is 0 Å². The van der Waals surface area contributed by atoms with Crippen molar-refractivity contribution < 1.29 is 13.2 Å². The van der Waals surface area contributed by atoms with E-state index in [1.807, 2.05) is 0 Å². The molecule has 3 rings (SSSR count). The van der Waals surface area contributed by atoms with Gasteiger partial charge in [0.25, 0.3) is 0 Å². The fraction of sp³-hybridized carbons (Fsp3) is 0.692. The van der Waals surface area contributed by atoms with Gasteiger partial charge in [0, 0.05) is 14.7 Å². The van der Waals surface area contributed by atoms with E-state index in [9.17, 15) is 13.2 Å². The summed E-state index contributed by atoms with van der Waals surface area (Å²) in [5, 5.41) is 1.23. The lowest BCUT2D eigenvalue weighted by Crippen LogP contribution is -2.12. The summed E-state index contributed by atoms with van der Waals surface area (Å²) in [6.07, 6.45) is 0.669. The van der Waals surface area contributed by atoms with E-state index in [4.69, 9.17) is 0 Å². The molecular weight excluding hydrogens is 405 g/mol. The zero-order valence-electron chi connectivity index (χ0n) is 10.0. The van der Waals surface area contributed by atoms with Crippen LogP contribution in [0.4, 0.5) is 13.2 Å². The van der Waals surface area contributed by atoms with Crippen molar-refractivity contribution in [3.63, 3.8) is 0 Å². The average Bonchev–Trinajstić information content (AvgIpc) is 3.19. The number of hydrogen-bond acceptors (Lipinski definition) is 1. The van der Waals surface area contributed by atoms with Crippen LogP contribution in [-0.4, -0.2) is 0 Å². The van der Waals surface area contributed by atoms with Crippen molar-refractivity contribution in [2.24, 2.45) is 17.8 Å². The van der Waals surface area contributed by atoms with Gasteiger partial charge in [-0.25, -0.2) is 0 Å². The molecule has 2 saturated carbocycles. The van der Waals surface area contributed by atoms with Crippen LogP contribution >= 0.6 is 43.2 Å². The van der Waals surface area contributed by atoms with Crippen LogP contribution in [0.5, 0.6) is 0 Å². The average molecular weight is 418 g/mol. The van der Waals surface area contributed by atoms with Crippen molar-refractivity contribution in [2.45, 2.75) is 36.7 Å². The first kappa shape index (κ1) is 14.4. The molecule has 0 aliphatic heterocycles. The molecule has 106 valence electrons. The van der Waals surface area contributed by atoms with Crippen molar-refractivity contribution in [1.82, 2.24) is 0 Å². The monoisotopic (exact) mass is 416 g/mol. The molecule has 2 aliphatic carbocycles. The van der Waals surface area contributed by atoms with Crippen molar-refractivity contribution >= 4 is 43.2 Å². The summed E-state index contributed by atoms with van der Waals surface area (Å²) < 4.78 is 38.7. The quantitative estimate of drug-likeness (QED) is 0.497. The van der Waals surface area contributed by atoms with E-state index in [0.717, 1.165) is 4.88 Å². The van der Waals surface area contributed by atoms with E-state index in [-0.39, 0.29) is 9.30 Å². The standard InChI is InChI=1S/C13H13Br2F3S/c14-10-8(13(16,17)18)5-19-12(10)11(15)9(6-1-2-6)7-3-4-7/h5-7,9,11H,1-4H2. The van der Waals surface area contributed by atoms with Gasteiger partial charge in [-0.15, -0.1) is 11.3 Å². The molecule has 19 heavy (non-hydrogen) atoms. The molecule has 0 saturated heterocycles. The Labute approximate surface area is 131 Å². The molecule has 0 spiro atoms. The lowest BCUT2D eigenvalue weighted by Gasteiger charge is -2.22. The second-order valence-electron chi connectivity index (χ2n) is 5.48. The molecule has 0 nitrogen and oxygen atoms in total. The second-order valence-corrected chi connectivity index (χ2v) is 8.17. The van der Waals surface area contributed by atoms with Gasteiger partial charge < -0.3 is 0 Å². The second kappa shape index (κ2) is 5.02. The van der Waals surface area contributed by atoms with Crippen molar-refractivity contribution in [3.05, 3.63) is 20.3 Å². The van der Waals surface area contributed by atoms with E-state index >= 15 is 0 Å². The SMILES string of the molecule is FC(F)(F)c1csc(C(Br)C(C2CC2)C2CC2)c1Br. The maximum Gasteiger partial charge on any atom is 0.418 e. The first-order chi connectivity index (χ1) is 8.89. The molecule has 0 aromatic carbocycles. The van der Waals surface area contributed by atoms with Gasteiger partial charge in [0.05, 0.1) is 10.4 Å². The highest BCUT2D eigenvalue weighted by Gasteiger charge is 2.46. The Morgan fingerprint density at radius 3 is 2.05 bits per heavy atom. The van der Waals surface area contributed by atoms with Crippen molar-refractivity contribution in [1.29, 1.82) is 0 Å². The van der Waals surface area contributed by atoms with Gasteiger partial charge in [-0.05, 0) is 59.4 Å². The molecule has 1 unspecified atom stereocenters. The Kier molecular flexibility index (Phi) is 3.80. The van der Waals surface area contributed by atoms with Gasteiger partial charge in [0.1, 0.15) is 0 Å². The molecule has 2 fully saturated rings. The predicted molar refractivity (Wildman–Crippen MR) is 77.6 cm³/mol. The summed E-state index contributed by atoms with van der Waals surface area (Å²) in [6, 6.07) is 0. The number of thiophene rings is 1. The number of rotatable bonds is 4. The number of halogens is 5. The smallest absolute Gasteiger partial charge is 0.166 e. The fourth-order valence-corrected chi connectivity index (χ4v) is 6.47. The van der Waals surface area contributed by atoms with Crippen LogP contribution in [0.25, 0.3) is 0 Å². The van der Waals surface area contributed by atoms with Gasteiger partial charge in [-0.2, -0.15) is 13.2 Å². The van der Waals surface area contributed by atoms with Crippen molar-refractivity contribution in [2.75, 3.05) is 0 Å². The molecule has 1 atom stereocenters. The van der Waals surface area contributed by atoms with Crippen LogP contribution in [0.15, 0.2) is 9.85 Å². The Bertz CT molecular complexity index is 463. The van der Waals surface area contributed by atoms with Crippen LogP contribution < -0.4 is 0 Å². The normalized spacial score (nSPS) is 22.0. The molecule has 0 radical (unpaired) electrons. The molecule has 2 aliphatic rings. The van der Waals surface area contributed by atoms with Gasteiger partial charge in [-0.3, -0.25) is 0 Å². The minimum atomic E-state index is -4.27. The van der Waals surface area contributed by atoms with E-state index in [1.165, 1.54) is 42.4 Å².